The zero-order chi connectivity index (χ0) is 41.9. The Hall–Kier alpha value is -4.31. The number of carbonyl (C=O) groups is 1. The van der Waals surface area contributed by atoms with E-state index in [9.17, 15) is 4.79 Å². The Labute approximate surface area is 353 Å². The first-order valence-electron chi connectivity index (χ1n) is 20.4. The third kappa shape index (κ3) is 12.6. The molecule has 2 heterocycles. The summed E-state index contributed by atoms with van der Waals surface area (Å²) in [6.45, 7) is 5.03. The van der Waals surface area contributed by atoms with Gasteiger partial charge < -0.3 is 52.1 Å². The maximum atomic E-state index is 14.0. The van der Waals surface area contributed by atoms with E-state index in [0.29, 0.717) is 18.8 Å². The minimum atomic E-state index is -1.17. The molecule has 0 bridgehead atoms. The zero-order valence-corrected chi connectivity index (χ0v) is 34.7. The summed E-state index contributed by atoms with van der Waals surface area (Å²) < 4.78 is 70.1. The lowest BCUT2D eigenvalue weighted by molar-refractivity contribution is -0.342. The van der Waals surface area contributed by atoms with E-state index in [4.69, 9.17) is 52.1 Å². The number of unbranched alkanes of at least 4 members (excludes halogenated alkanes) is 1. The first-order valence-corrected chi connectivity index (χ1v) is 20.4. The van der Waals surface area contributed by atoms with Crippen molar-refractivity contribution in [2.24, 2.45) is 0 Å². The second-order valence-corrected chi connectivity index (χ2v) is 14.6. The molecule has 2 saturated heterocycles. The highest BCUT2D eigenvalue weighted by molar-refractivity contribution is 5.89. The zero-order valence-electron chi connectivity index (χ0n) is 34.7. The summed E-state index contributed by atoms with van der Waals surface area (Å²) in [5.74, 6) is -0.578. The van der Waals surface area contributed by atoms with Crippen molar-refractivity contribution in [2.45, 2.75) is 94.1 Å². The van der Waals surface area contributed by atoms with E-state index in [1.54, 1.807) is 45.6 Å². The molecule has 12 heteroatoms. The predicted molar refractivity (Wildman–Crippen MR) is 223 cm³/mol. The van der Waals surface area contributed by atoms with E-state index >= 15 is 0 Å². The van der Waals surface area contributed by atoms with E-state index in [-0.39, 0.29) is 26.4 Å². The molecular formula is C48H58O12. The molecule has 6 rings (SSSR count). The fourth-order valence-corrected chi connectivity index (χ4v) is 7.39. The SMILES string of the molecule is C=CCCCO[C@H]1O[C@H](CO[C@H]2O[C@H](COCc3ccccc3)[C@@H](OCc3ccccc3)[C@H](OCc3ccccc3)[C@@H]2OC(=O)c2ccccc2)[C@@H](OC)[C@H](OC)[C@@H]1OC. The van der Waals surface area contributed by atoms with E-state index in [1.165, 1.54) is 0 Å². The van der Waals surface area contributed by atoms with Gasteiger partial charge in [0, 0.05) is 21.3 Å². The van der Waals surface area contributed by atoms with Crippen molar-refractivity contribution in [3.63, 3.8) is 0 Å². The van der Waals surface area contributed by atoms with Crippen LogP contribution in [0.2, 0.25) is 0 Å². The molecule has 12 nitrogen and oxygen atoms in total. The van der Waals surface area contributed by atoms with Gasteiger partial charge in [0.15, 0.2) is 18.7 Å². The molecule has 2 aliphatic rings. The van der Waals surface area contributed by atoms with Crippen LogP contribution in [0.1, 0.15) is 39.9 Å². The van der Waals surface area contributed by atoms with Crippen LogP contribution in [0, 0.1) is 0 Å². The molecule has 0 amide bonds. The molecule has 0 radical (unpaired) electrons. The molecule has 322 valence electrons. The van der Waals surface area contributed by atoms with Crippen molar-refractivity contribution in [2.75, 3.05) is 41.2 Å². The number of allylic oxidation sites excluding steroid dienone is 1. The Balaban J connectivity index is 1.33. The Morgan fingerprint density at radius 1 is 0.550 bits per heavy atom. The molecular weight excluding hydrogens is 769 g/mol. The van der Waals surface area contributed by atoms with Crippen LogP contribution in [0.5, 0.6) is 0 Å². The standard InChI is InChI=1S/C48H58O12/c1-5-6-19-28-54-47-44(52-4)42(51-3)40(50-2)39(59-47)33-57-48-45(60-46(49)37-26-17-10-18-27-37)43(56-31-36-24-15-9-16-25-36)41(55-30-35-22-13-8-14-23-35)38(58-48)32-53-29-34-20-11-7-12-21-34/h5,7-18,20-27,38-45,47-48H,1,6,19,28-33H2,2-4H3/t38-,39-,40-,41-,42+,43+,44+,45+,47+,48+/m1/s1. The number of rotatable bonds is 23. The molecule has 4 aromatic carbocycles. The Kier molecular flexibility index (Phi) is 18.2. The monoisotopic (exact) mass is 826 g/mol. The first-order chi connectivity index (χ1) is 29.5. The number of hydrogen-bond acceptors (Lipinski definition) is 12. The largest absolute Gasteiger partial charge is 0.450 e. The van der Waals surface area contributed by atoms with Crippen LogP contribution in [0.4, 0.5) is 0 Å². The van der Waals surface area contributed by atoms with Gasteiger partial charge in [0.2, 0.25) is 0 Å². The van der Waals surface area contributed by atoms with Gasteiger partial charge in [-0.3, -0.25) is 0 Å². The summed E-state index contributed by atoms with van der Waals surface area (Å²) in [6.07, 6.45) is -4.59. The van der Waals surface area contributed by atoms with Gasteiger partial charge in [-0.15, -0.1) is 6.58 Å². The van der Waals surface area contributed by atoms with Gasteiger partial charge in [-0.05, 0) is 41.7 Å². The lowest BCUT2D eigenvalue weighted by Gasteiger charge is -2.47. The molecule has 4 aromatic rings. The first kappa shape index (κ1) is 45.2. The molecule has 0 aromatic heterocycles. The van der Waals surface area contributed by atoms with Gasteiger partial charge >= 0.3 is 5.97 Å². The quantitative estimate of drug-likeness (QED) is 0.0432. The molecule has 10 atom stereocenters. The van der Waals surface area contributed by atoms with Crippen molar-refractivity contribution in [1.29, 1.82) is 0 Å². The van der Waals surface area contributed by atoms with Crippen LogP contribution in [0.3, 0.4) is 0 Å². The number of carbonyl (C=O) groups excluding carboxylic acids is 1. The van der Waals surface area contributed by atoms with Gasteiger partial charge in [0.05, 0.1) is 45.2 Å². The van der Waals surface area contributed by atoms with Gasteiger partial charge in [-0.1, -0.05) is 115 Å². The van der Waals surface area contributed by atoms with Crippen LogP contribution in [0.15, 0.2) is 134 Å². The molecule has 60 heavy (non-hydrogen) atoms. The highest BCUT2D eigenvalue weighted by Crippen LogP contribution is 2.34. The van der Waals surface area contributed by atoms with Crippen LogP contribution in [-0.4, -0.2) is 109 Å². The average molecular weight is 827 g/mol. The Morgan fingerprint density at radius 2 is 1.05 bits per heavy atom. The summed E-state index contributed by atoms with van der Waals surface area (Å²) in [5, 5.41) is 0. The van der Waals surface area contributed by atoms with Gasteiger partial charge in [0.1, 0.15) is 42.7 Å². The smallest absolute Gasteiger partial charge is 0.338 e. The van der Waals surface area contributed by atoms with E-state index in [1.807, 2.05) is 103 Å². The fourth-order valence-electron chi connectivity index (χ4n) is 7.39. The molecule has 0 spiro atoms. The number of hydrogen-bond donors (Lipinski definition) is 0. The maximum Gasteiger partial charge on any atom is 0.338 e. The minimum absolute atomic E-state index is 0.0656. The molecule has 0 N–H and O–H groups in total. The van der Waals surface area contributed by atoms with Crippen LogP contribution < -0.4 is 0 Å². The summed E-state index contributed by atoms with van der Waals surface area (Å²) in [7, 11) is 4.75. The minimum Gasteiger partial charge on any atom is -0.450 e. The highest BCUT2D eigenvalue weighted by atomic mass is 16.8. The van der Waals surface area contributed by atoms with Crippen LogP contribution in [-0.2, 0) is 71.9 Å². The van der Waals surface area contributed by atoms with Gasteiger partial charge in [0.25, 0.3) is 0 Å². The molecule has 0 saturated carbocycles. The highest BCUT2D eigenvalue weighted by Gasteiger charge is 2.52. The van der Waals surface area contributed by atoms with E-state index in [0.717, 1.165) is 29.5 Å². The predicted octanol–water partition coefficient (Wildman–Crippen LogP) is 7.09. The number of esters is 1. The Bertz CT molecular complexity index is 1800. The fraction of sp³-hybridized carbons (Fsp3) is 0.438. The number of methoxy groups -OCH3 is 3. The van der Waals surface area contributed by atoms with E-state index < -0.39 is 67.4 Å². The third-order valence-corrected chi connectivity index (χ3v) is 10.5. The molecule has 0 unspecified atom stereocenters. The summed E-state index contributed by atoms with van der Waals surface area (Å²) in [5.41, 5.74) is 3.22. The number of ether oxygens (including phenoxy) is 11. The lowest BCUT2D eigenvalue weighted by atomic mass is 9.97. The van der Waals surface area contributed by atoms with Crippen LogP contribution in [0.25, 0.3) is 0 Å². The third-order valence-electron chi connectivity index (χ3n) is 10.5. The van der Waals surface area contributed by atoms with Crippen molar-refractivity contribution in [1.82, 2.24) is 0 Å². The second kappa shape index (κ2) is 24.2. The van der Waals surface area contributed by atoms with Crippen molar-refractivity contribution in [3.8, 4) is 0 Å². The maximum absolute atomic E-state index is 14.0. The van der Waals surface area contributed by atoms with Crippen LogP contribution >= 0.6 is 0 Å². The average Bonchev–Trinajstić information content (AvgIpc) is 3.30. The van der Waals surface area contributed by atoms with Crippen molar-refractivity contribution >= 4 is 5.97 Å². The topological polar surface area (TPSA) is 119 Å². The van der Waals surface area contributed by atoms with Gasteiger partial charge in [-0.2, -0.15) is 0 Å². The van der Waals surface area contributed by atoms with Crippen molar-refractivity contribution in [3.05, 3.63) is 156 Å². The summed E-state index contributed by atoms with van der Waals surface area (Å²) >= 11 is 0. The number of benzene rings is 4. The van der Waals surface area contributed by atoms with E-state index in [2.05, 4.69) is 6.58 Å². The van der Waals surface area contributed by atoms with Gasteiger partial charge in [-0.25, -0.2) is 4.79 Å². The lowest BCUT2D eigenvalue weighted by Crippen LogP contribution is -2.64. The van der Waals surface area contributed by atoms with Crippen molar-refractivity contribution < 1.29 is 56.9 Å². The molecule has 0 aliphatic carbocycles. The molecule has 2 aliphatic heterocycles. The normalized spacial score (nSPS) is 26.6. The summed E-state index contributed by atoms with van der Waals surface area (Å²) in [4.78, 5) is 14.0. The molecule has 2 fully saturated rings. The second-order valence-electron chi connectivity index (χ2n) is 14.6. The Morgan fingerprint density at radius 3 is 1.60 bits per heavy atom. The summed E-state index contributed by atoms with van der Waals surface area (Å²) in [6, 6.07) is 38.2.